The Morgan fingerprint density at radius 1 is 1.43 bits per heavy atom. The predicted molar refractivity (Wildman–Crippen MR) is 95.7 cm³/mol. The molecule has 1 aromatic carbocycles. The van der Waals surface area contributed by atoms with Crippen LogP contribution in [0.5, 0.6) is 0 Å². The maximum absolute atomic E-state index is 12.0. The topological polar surface area (TPSA) is 66.8 Å². The molecule has 2 heterocycles. The molecule has 2 aliphatic rings. The van der Waals surface area contributed by atoms with Gasteiger partial charge in [0.05, 0.1) is 17.5 Å². The molecule has 0 aliphatic carbocycles. The zero-order valence-corrected chi connectivity index (χ0v) is 15.3. The first-order chi connectivity index (χ1) is 10.8. The lowest BCUT2D eigenvalue weighted by molar-refractivity contribution is -0.115. The molecule has 9 heteroatoms. The molecule has 0 unspecified atom stereocenters. The predicted octanol–water partition coefficient (Wildman–Crippen LogP) is 2.49. The fourth-order valence-electron chi connectivity index (χ4n) is 2.82. The quantitative estimate of drug-likeness (QED) is 0.723. The maximum Gasteiger partial charge on any atom is 0.262 e. The molecule has 0 radical (unpaired) electrons. The summed E-state index contributed by atoms with van der Waals surface area (Å²) in [6, 6.07) is 5.16. The highest BCUT2D eigenvalue weighted by Gasteiger charge is 2.49. The van der Waals surface area contributed by atoms with Crippen LogP contribution in [0, 0.1) is 6.92 Å². The molecule has 2 aliphatic heterocycles. The molecule has 0 saturated carbocycles. The van der Waals surface area contributed by atoms with Crippen molar-refractivity contribution >= 4 is 61.6 Å². The number of rotatable bonds is 2. The fourth-order valence-corrected chi connectivity index (χ4v) is 6.98. The van der Waals surface area contributed by atoms with Crippen molar-refractivity contribution in [1.82, 2.24) is 0 Å². The van der Waals surface area contributed by atoms with Crippen LogP contribution >= 0.6 is 35.0 Å². The Balaban J connectivity index is 2.08. The Kier molecular flexibility index (Phi) is 4.66. The summed E-state index contributed by atoms with van der Waals surface area (Å²) in [6.07, 6.45) is 0. The first-order valence-electron chi connectivity index (χ1n) is 6.90. The molecule has 5 nitrogen and oxygen atoms in total. The largest absolute Gasteiger partial charge is 0.315 e. The standard InChI is InChI=1S/C14H14Cl2N2O3S2/c1-8-2-3-9(16)4-10(8)18-11-6-23(20,21)7-12(11)22-14(18)17-13(19)5-15/h2-4,11-12H,5-7H2,1H3/t11-,12-/m0/s1. The van der Waals surface area contributed by atoms with Crippen LogP contribution < -0.4 is 4.90 Å². The molecule has 0 bridgehead atoms. The van der Waals surface area contributed by atoms with Crippen LogP contribution in [0.15, 0.2) is 23.2 Å². The fraction of sp³-hybridized carbons (Fsp3) is 0.429. The number of amides is 1. The van der Waals surface area contributed by atoms with E-state index < -0.39 is 15.7 Å². The molecular weight excluding hydrogens is 379 g/mol. The van der Waals surface area contributed by atoms with Crippen molar-refractivity contribution in [3.05, 3.63) is 28.8 Å². The minimum Gasteiger partial charge on any atom is -0.315 e. The molecule has 2 fully saturated rings. The molecule has 2 saturated heterocycles. The van der Waals surface area contributed by atoms with Crippen molar-refractivity contribution in [1.29, 1.82) is 0 Å². The minimum atomic E-state index is -3.09. The Morgan fingerprint density at radius 2 is 2.17 bits per heavy atom. The number of amidine groups is 1. The minimum absolute atomic E-state index is 0.0463. The Morgan fingerprint density at radius 3 is 2.87 bits per heavy atom. The van der Waals surface area contributed by atoms with Crippen LogP contribution in [-0.2, 0) is 14.6 Å². The number of hydrogen-bond acceptors (Lipinski definition) is 4. The van der Waals surface area contributed by atoms with Gasteiger partial charge in [-0.1, -0.05) is 29.4 Å². The van der Waals surface area contributed by atoms with Crippen molar-refractivity contribution in [2.45, 2.75) is 18.2 Å². The van der Waals surface area contributed by atoms with Gasteiger partial charge in [-0.2, -0.15) is 4.99 Å². The molecule has 1 amide bonds. The van der Waals surface area contributed by atoms with E-state index in [1.807, 2.05) is 17.9 Å². The van der Waals surface area contributed by atoms with Gasteiger partial charge in [0.15, 0.2) is 15.0 Å². The lowest BCUT2D eigenvalue weighted by atomic mass is 10.1. The van der Waals surface area contributed by atoms with Gasteiger partial charge in [-0.3, -0.25) is 4.79 Å². The normalized spacial score (nSPS) is 27.4. The zero-order chi connectivity index (χ0) is 16.8. The number of anilines is 1. The highest BCUT2D eigenvalue weighted by Crippen LogP contribution is 2.42. The number of aliphatic imine (C=N–C) groups is 1. The van der Waals surface area contributed by atoms with Crippen LogP contribution in [0.2, 0.25) is 5.02 Å². The van der Waals surface area contributed by atoms with Crippen LogP contribution in [0.25, 0.3) is 0 Å². The molecule has 3 rings (SSSR count). The van der Waals surface area contributed by atoms with Crippen molar-refractivity contribution < 1.29 is 13.2 Å². The molecule has 2 atom stereocenters. The molecule has 0 spiro atoms. The average Bonchev–Trinajstić information content (AvgIpc) is 2.92. The third-order valence-corrected chi connectivity index (χ3v) is 7.51. The highest BCUT2D eigenvalue weighted by molar-refractivity contribution is 8.16. The molecule has 23 heavy (non-hydrogen) atoms. The Bertz CT molecular complexity index is 795. The Hall–Kier alpha value is -0.760. The number of alkyl halides is 1. The van der Waals surface area contributed by atoms with Crippen LogP contribution in [-0.4, -0.2) is 48.2 Å². The third kappa shape index (κ3) is 3.38. The number of thioether (sulfide) groups is 1. The summed E-state index contributed by atoms with van der Waals surface area (Å²) in [5.74, 6) is -0.515. The number of carbonyl (C=O) groups excluding carboxylic acids is 1. The number of sulfone groups is 1. The summed E-state index contributed by atoms with van der Waals surface area (Å²) in [5.41, 5.74) is 1.71. The third-order valence-electron chi connectivity index (χ3n) is 3.83. The van der Waals surface area contributed by atoms with E-state index in [9.17, 15) is 13.2 Å². The smallest absolute Gasteiger partial charge is 0.262 e. The second-order valence-electron chi connectivity index (χ2n) is 5.52. The van der Waals surface area contributed by atoms with Gasteiger partial charge in [0.2, 0.25) is 0 Å². The summed E-state index contributed by atoms with van der Waals surface area (Å²) in [7, 11) is -3.09. The van der Waals surface area contributed by atoms with Gasteiger partial charge in [0.25, 0.3) is 5.91 Å². The van der Waals surface area contributed by atoms with Gasteiger partial charge in [-0.25, -0.2) is 8.42 Å². The second kappa shape index (κ2) is 6.27. The summed E-state index contributed by atoms with van der Waals surface area (Å²) >= 11 is 13.0. The lowest BCUT2D eigenvalue weighted by Gasteiger charge is -2.26. The van der Waals surface area contributed by atoms with E-state index in [4.69, 9.17) is 23.2 Å². The summed E-state index contributed by atoms with van der Waals surface area (Å²) in [6.45, 7) is 1.91. The number of nitrogens with zero attached hydrogens (tertiary/aromatic N) is 2. The number of fused-ring (bicyclic) bond motifs is 1. The maximum atomic E-state index is 12.0. The van der Waals surface area contributed by atoms with Crippen LogP contribution in [0.4, 0.5) is 5.69 Å². The summed E-state index contributed by atoms with van der Waals surface area (Å²) < 4.78 is 23.9. The van der Waals surface area contributed by atoms with Gasteiger partial charge in [0, 0.05) is 16.0 Å². The average molecular weight is 393 g/mol. The molecule has 0 N–H and O–H groups in total. The van der Waals surface area contributed by atoms with Gasteiger partial charge in [-0.05, 0) is 24.6 Å². The van der Waals surface area contributed by atoms with Crippen LogP contribution in [0.3, 0.4) is 0 Å². The van der Waals surface area contributed by atoms with Crippen molar-refractivity contribution in [3.8, 4) is 0 Å². The van der Waals surface area contributed by atoms with E-state index in [2.05, 4.69) is 4.99 Å². The first-order valence-corrected chi connectivity index (χ1v) is 10.5. The number of hydrogen-bond donors (Lipinski definition) is 0. The second-order valence-corrected chi connectivity index (χ2v) is 9.59. The van der Waals surface area contributed by atoms with E-state index in [-0.39, 0.29) is 28.7 Å². The highest BCUT2D eigenvalue weighted by atomic mass is 35.5. The number of carbonyl (C=O) groups is 1. The van der Waals surface area contributed by atoms with Gasteiger partial charge in [-0.15, -0.1) is 11.6 Å². The van der Waals surface area contributed by atoms with E-state index in [0.717, 1.165) is 11.3 Å². The lowest BCUT2D eigenvalue weighted by Crippen LogP contribution is -2.38. The molecule has 0 aromatic heterocycles. The van der Waals surface area contributed by atoms with Gasteiger partial charge in [0.1, 0.15) is 5.88 Å². The number of benzene rings is 1. The van der Waals surface area contributed by atoms with E-state index >= 15 is 0 Å². The van der Waals surface area contributed by atoms with Crippen molar-refractivity contribution in [2.75, 3.05) is 22.3 Å². The number of aryl methyl sites for hydroxylation is 1. The zero-order valence-electron chi connectivity index (χ0n) is 12.2. The molecular formula is C14H14Cl2N2O3S2. The van der Waals surface area contributed by atoms with Gasteiger partial charge < -0.3 is 4.90 Å². The molecule has 1 aromatic rings. The van der Waals surface area contributed by atoms with Gasteiger partial charge >= 0.3 is 0 Å². The van der Waals surface area contributed by atoms with E-state index in [0.29, 0.717) is 10.2 Å². The van der Waals surface area contributed by atoms with E-state index in [1.165, 1.54) is 11.8 Å². The van der Waals surface area contributed by atoms with E-state index in [1.54, 1.807) is 12.1 Å². The number of halogens is 2. The van der Waals surface area contributed by atoms with Crippen molar-refractivity contribution in [2.24, 2.45) is 4.99 Å². The first kappa shape index (κ1) is 17.1. The monoisotopic (exact) mass is 392 g/mol. The summed E-state index contributed by atoms with van der Waals surface area (Å²) in [4.78, 5) is 17.5. The van der Waals surface area contributed by atoms with Crippen LogP contribution in [0.1, 0.15) is 5.56 Å². The molecule has 124 valence electrons. The SMILES string of the molecule is Cc1ccc(Cl)cc1N1C(=NC(=O)CCl)S[C@H]2CS(=O)(=O)C[C@@H]21. The van der Waals surface area contributed by atoms with Crippen molar-refractivity contribution in [3.63, 3.8) is 0 Å². The summed E-state index contributed by atoms with van der Waals surface area (Å²) in [5, 5.41) is 0.897. The Labute approximate surface area is 149 Å².